The molecule has 20 heavy (non-hydrogen) atoms. The second kappa shape index (κ2) is 5.70. The second-order valence-corrected chi connectivity index (χ2v) is 5.88. The lowest BCUT2D eigenvalue weighted by Gasteiger charge is -2.44. The number of rotatable bonds is 2. The highest BCUT2D eigenvalue weighted by Crippen LogP contribution is 2.38. The van der Waals surface area contributed by atoms with Gasteiger partial charge in [-0.1, -0.05) is 25.3 Å². The van der Waals surface area contributed by atoms with Crippen molar-refractivity contribution in [2.45, 2.75) is 43.8 Å². The molecule has 4 heteroatoms. The van der Waals surface area contributed by atoms with Gasteiger partial charge in [-0.3, -0.25) is 0 Å². The van der Waals surface area contributed by atoms with Gasteiger partial charge in [0.1, 0.15) is 0 Å². The zero-order valence-electron chi connectivity index (χ0n) is 12.0. The van der Waals surface area contributed by atoms with Gasteiger partial charge < -0.3 is 14.8 Å². The van der Waals surface area contributed by atoms with E-state index in [0.717, 1.165) is 31.5 Å². The lowest BCUT2D eigenvalue weighted by molar-refractivity contribution is -0.135. The number of hydrogen-bond acceptors (Lipinski definition) is 3. The highest BCUT2D eigenvalue weighted by atomic mass is 19.1. The zero-order chi connectivity index (χ0) is 14.0. The lowest BCUT2D eigenvalue weighted by atomic mass is 9.83. The molecule has 3 nitrogen and oxygen atoms in total. The van der Waals surface area contributed by atoms with Gasteiger partial charge in [0.2, 0.25) is 0 Å². The van der Waals surface area contributed by atoms with Crippen LogP contribution in [0.4, 0.5) is 4.39 Å². The third-order valence-electron chi connectivity index (χ3n) is 4.48. The number of nitrogens with one attached hydrogen (secondary N) is 1. The van der Waals surface area contributed by atoms with E-state index in [4.69, 9.17) is 9.47 Å². The summed E-state index contributed by atoms with van der Waals surface area (Å²) in [7, 11) is 1.48. The van der Waals surface area contributed by atoms with Crippen molar-refractivity contribution >= 4 is 0 Å². The van der Waals surface area contributed by atoms with Crippen LogP contribution < -0.4 is 10.1 Å². The van der Waals surface area contributed by atoms with E-state index in [0.29, 0.717) is 0 Å². The summed E-state index contributed by atoms with van der Waals surface area (Å²) in [6.07, 6.45) is 5.90. The molecule has 3 rings (SSSR count). The first-order valence-corrected chi connectivity index (χ1v) is 7.44. The predicted octanol–water partition coefficient (Wildman–Crippen LogP) is 3.20. The van der Waals surface area contributed by atoms with Gasteiger partial charge >= 0.3 is 0 Å². The number of ether oxygens (including phenoxy) is 2. The molecule has 2 fully saturated rings. The minimum atomic E-state index is -0.322. The molecule has 1 atom stereocenters. The second-order valence-electron chi connectivity index (χ2n) is 5.88. The largest absolute Gasteiger partial charge is 0.494 e. The molecule has 1 spiro atoms. The summed E-state index contributed by atoms with van der Waals surface area (Å²) in [5, 5.41) is 3.46. The number of halogens is 1. The van der Waals surface area contributed by atoms with Gasteiger partial charge in [0.15, 0.2) is 11.6 Å². The summed E-state index contributed by atoms with van der Waals surface area (Å²) in [6.45, 7) is 1.66. The van der Waals surface area contributed by atoms with E-state index in [1.165, 1.54) is 32.4 Å². The fourth-order valence-electron chi connectivity index (χ4n) is 3.38. The van der Waals surface area contributed by atoms with Crippen LogP contribution >= 0.6 is 0 Å². The van der Waals surface area contributed by atoms with Crippen LogP contribution in [0.3, 0.4) is 0 Å². The smallest absolute Gasteiger partial charge is 0.165 e. The molecule has 0 aromatic heterocycles. The average molecular weight is 279 g/mol. The number of morpholine rings is 1. The van der Waals surface area contributed by atoms with Crippen LogP contribution in [-0.4, -0.2) is 25.8 Å². The van der Waals surface area contributed by atoms with Crippen LogP contribution in [-0.2, 0) is 4.74 Å². The average Bonchev–Trinajstić information content (AvgIpc) is 2.48. The molecule has 1 N–H and O–H groups in total. The maximum absolute atomic E-state index is 13.8. The van der Waals surface area contributed by atoms with E-state index in [9.17, 15) is 4.39 Å². The van der Waals surface area contributed by atoms with Crippen LogP contribution in [0.1, 0.15) is 43.8 Å². The lowest BCUT2D eigenvalue weighted by Crippen LogP contribution is -2.51. The molecule has 1 saturated heterocycles. The van der Waals surface area contributed by atoms with E-state index in [-0.39, 0.29) is 23.3 Å². The van der Waals surface area contributed by atoms with Gasteiger partial charge in [-0.05, 0) is 30.5 Å². The van der Waals surface area contributed by atoms with Gasteiger partial charge in [0.05, 0.1) is 18.8 Å². The number of methoxy groups -OCH3 is 1. The maximum atomic E-state index is 13.8. The molecule has 0 radical (unpaired) electrons. The van der Waals surface area contributed by atoms with Crippen molar-refractivity contribution in [3.05, 3.63) is 29.6 Å². The van der Waals surface area contributed by atoms with Gasteiger partial charge in [0.25, 0.3) is 0 Å². The van der Waals surface area contributed by atoms with Crippen molar-refractivity contribution < 1.29 is 13.9 Å². The Balaban J connectivity index is 1.78. The highest BCUT2D eigenvalue weighted by Gasteiger charge is 2.38. The Hall–Kier alpha value is -1.13. The maximum Gasteiger partial charge on any atom is 0.165 e. The third-order valence-corrected chi connectivity index (χ3v) is 4.48. The molecule has 2 aliphatic rings. The molecular formula is C16H22FNO2. The Morgan fingerprint density at radius 2 is 2.10 bits per heavy atom. The van der Waals surface area contributed by atoms with Crippen LogP contribution in [0.5, 0.6) is 5.75 Å². The Morgan fingerprint density at radius 1 is 1.30 bits per heavy atom. The zero-order valence-corrected chi connectivity index (χ0v) is 12.0. The Morgan fingerprint density at radius 3 is 2.80 bits per heavy atom. The molecule has 0 amide bonds. The summed E-state index contributed by atoms with van der Waals surface area (Å²) >= 11 is 0. The van der Waals surface area contributed by atoms with Crippen molar-refractivity contribution in [3.8, 4) is 5.75 Å². The summed E-state index contributed by atoms with van der Waals surface area (Å²) < 4.78 is 25.2. The van der Waals surface area contributed by atoms with E-state index in [1.54, 1.807) is 6.07 Å². The first kappa shape index (κ1) is 13.8. The predicted molar refractivity (Wildman–Crippen MR) is 75.5 cm³/mol. The van der Waals surface area contributed by atoms with Gasteiger partial charge in [-0.2, -0.15) is 0 Å². The van der Waals surface area contributed by atoms with Gasteiger partial charge in [0, 0.05) is 13.1 Å². The fraction of sp³-hybridized carbons (Fsp3) is 0.625. The molecule has 1 aliphatic heterocycles. The molecule has 1 heterocycles. The molecule has 110 valence electrons. The van der Waals surface area contributed by atoms with Crippen LogP contribution in [0.2, 0.25) is 0 Å². The van der Waals surface area contributed by atoms with E-state index in [2.05, 4.69) is 5.32 Å². The Labute approximate surface area is 119 Å². The molecule has 1 aromatic carbocycles. The van der Waals surface area contributed by atoms with E-state index in [1.807, 2.05) is 6.07 Å². The number of benzene rings is 1. The van der Waals surface area contributed by atoms with Gasteiger partial charge in [-0.25, -0.2) is 4.39 Å². The summed E-state index contributed by atoms with van der Waals surface area (Å²) in [5.74, 6) is -0.0400. The van der Waals surface area contributed by atoms with E-state index < -0.39 is 0 Å². The first-order valence-electron chi connectivity index (χ1n) is 7.44. The Kier molecular flexibility index (Phi) is 3.94. The minimum Gasteiger partial charge on any atom is -0.494 e. The summed E-state index contributed by atoms with van der Waals surface area (Å²) in [6, 6.07) is 5.11. The van der Waals surface area contributed by atoms with Gasteiger partial charge in [-0.15, -0.1) is 0 Å². The summed E-state index contributed by atoms with van der Waals surface area (Å²) in [5.41, 5.74) is 0.845. The van der Waals surface area contributed by atoms with Crippen LogP contribution in [0.25, 0.3) is 0 Å². The molecule has 0 bridgehead atoms. The van der Waals surface area contributed by atoms with Crippen molar-refractivity contribution in [3.63, 3.8) is 0 Å². The normalized spacial score (nSPS) is 25.6. The van der Waals surface area contributed by atoms with Crippen molar-refractivity contribution in [1.29, 1.82) is 0 Å². The summed E-state index contributed by atoms with van der Waals surface area (Å²) in [4.78, 5) is 0. The third kappa shape index (κ3) is 2.67. The molecule has 1 saturated carbocycles. The standard InChI is InChI=1S/C16H22FNO2/c1-19-14-6-5-12(9-13(14)17)15-10-18-11-16(20-15)7-3-2-4-8-16/h5-6,9,15,18H,2-4,7-8,10-11H2,1H3. The van der Waals surface area contributed by atoms with Crippen molar-refractivity contribution in [1.82, 2.24) is 5.32 Å². The van der Waals surface area contributed by atoms with Crippen molar-refractivity contribution in [2.75, 3.05) is 20.2 Å². The fourth-order valence-corrected chi connectivity index (χ4v) is 3.38. The quantitative estimate of drug-likeness (QED) is 0.902. The molecule has 1 unspecified atom stereocenters. The molecular weight excluding hydrogens is 257 g/mol. The Bertz CT molecular complexity index is 466. The highest BCUT2D eigenvalue weighted by molar-refractivity contribution is 5.31. The number of hydrogen-bond donors (Lipinski definition) is 1. The van der Waals surface area contributed by atoms with E-state index >= 15 is 0 Å². The first-order chi connectivity index (χ1) is 9.72. The van der Waals surface area contributed by atoms with Crippen LogP contribution in [0.15, 0.2) is 18.2 Å². The van der Waals surface area contributed by atoms with Crippen LogP contribution in [0, 0.1) is 5.82 Å². The van der Waals surface area contributed by atoms with Crippen molar-refractivity contribution in [2.24, 2.45) is 0 Å². The molecule has 1 aliphatic carbocycles. The SMILES string of the molecule is COc1ccc(C2CNCC3(CCCCC3)O2)cc1F. The monoisotopic (exact) mass is 279 g/mol. The minimum absolute atomic E-state index is 0.0441. The topological polar surface area (TPSA) is 30.5 Å². The molecule has 1 aromatic rings.